The third-order valence-corrected chi connectivity index (χ3v) is 2.65. The molecule has 0 aliphatic heterocycles. The molecular formula is C12H25NO2. The van der Waals surface area contributed by atoms with Gasteiger partial charge in [-0.25, -0.2) is 0 Å². The summed E-state index contributed by atoms with van der Waals surface area (Å²) in [5.41, 5.74) is 5.76. The second-order valence-corrected chi connectivity index (χ2v) is 5.06. The lowest BCUT2D eigenvalue weighted by molar-refractivity contribution is -0.121. The Morgan fingerprint density at radius 1 is 1.27 bits per heavy atom. The smallest absolute Gasteiger partial charge is 0.135 e. The molecule has 15 heavy (non-hydrogen) atoms. The molecule has 0 aromatic rings. The summed E-state index contributed by atoms with van der Waals surface area (Å²) in [5, 5.41) is 9.68. The quantitative estimate of drug-likeness (QED) is 0.679. The SMILES string of the molecule is CC(C)CCC(=O)C[C@H](O)[C@H](N)C(C)C. The van der Waals surface area contributed by atoms with Crippen LogP contribution in [0.1, 0.15) is 47.0 Å². The Morgan fingerprint density at radius 2 is 1.80 bits per heavy atom. The minimum absolute atomic E-state index is 0.118. The molecule has 0 rings (SSSR count). The maximum atomic E-state index is 11.5. The van der Waals surface area contributed by atoms with Crippen molar-refractivity contribution in [2.45, 2.75) is 59.1 Å². The lowest BCUT2D eigenvalue weighted by Crippen LogP contribution is -2.40. The van der Waals surface area contributed by atoms with E-state index in [9.17, 15) is 9.90 Å². The van der Waals surface area contributed by atoms with Gasteiger partial charge in [-0.05, 0) is 18.3 Å². The molecule has 0 bridgehead atoms. The van der Waals surface area contributed by atoms with Crippen LogP contribution in [0.15, 0.2) is 0 Å². The highest BCUT2D eigenvalue weighted by Gasteiger charge is 2.20. The van der Waals surface area contributed by atoms with E-state index in [1.165, 1.54) is 0 Å². The van der Waals surface area contributed by atoms with E-state index >= 15 is 0 Å². The number of Topliss-reactive ketones (excluding diaryl/α,β-unsaturated/α-hetero) is 1. The Kier molecular flexibility index (Phi) is 6.77. The number of hydrogen-bond donors (Lipinski definition) is 2. The van der Waals surface area contributed by atoms with E-state index in [1.807, 2.05) is 13.8 Å². The maximum Gasteiger partial charge on any atom is 0.135 e. The number of rotatable bonds is 7. The second-order valence-electron chi connectivity index (χ2n) is 5.06. The molecule has 0 saturated heterocycles. The number of carbonyl (C=O) groups is 1. The molecule has 3 nitrogen and oxygen atoms in total. The van der Waals surface area contributed by atoms with E-state index in [0.29, 0.717) is 12.3 Å². The largest absolute Gasteiger partial charge is 0.391 e. The molecule has 0 aromatic carbocycles. The normalized spacial score (nSPS) is 15.7. The first-order valence-corrected chi connectivity index (χ1v) is 5.80. The zero-order chi connectivity index (χ0) is 12.0. The van der Waals surface area contributed by atoms with Crippen molar-refractivity contribution in [3.05, 3.63) is 0 Å². The summed E-state index contributed by atoms with van der Waals surface area (Å²) in [7, 11) is 0. The van der Waals surface area contributed by atoms with Gasteiger partial charge in [0.15, 0.2) is 0 Å². The molecule has 2 atom stereocenters. The topological polar surface area (TPSA) is 63.3 Å². The zero-order valence-electron chi connectivity index (χ0n) is 10.4. The molecule has 0 aromatic heterocycles. The molecule has 0 amide bonds. The van der Waals surface area contributed by atoms with Gasteiger partial charge < -0.3 is 10.8 Å². The number of aliphatic hydroxyl groups excluding tert-OH is 1. The van der Waals surface area contributed by atoms with Crippen LogP contribution >= 0.6 is 0 Å². The summed E-state index contributed by atoms with van der Waals surface area (Å²) in [5.74, 6) is 0.857. The zero-order valence-corrected chi connectivity index (χ0v) is 10.4. The minimum Gasteiger partial charge on any atom is -0.391 e. The molecule has 0 aliphatic rings. The third-order valence-electron chi connectivity index (χ3n) is 2.65. The van der Waals surface area contributed by atoms with E-state index in [2.05, 4.69) is 13.8 Å². The van der Waals surface area contributed by atoms with Crippen LogP contribution in [0.5, 0.6) is 0 Å². The average molecular weight is 215 g/mol. The Balaban J connectivity index is 3.85. The van der Waals surface area contributed by atoms with Gasteiger partial charge in [0.1, 0.15) is 5.78 Å². The first-order valence-electron chi connectivity index (χ1n) is 5.80. The lowest BCUT2D eigenvalue weighted by Gasteiger charge is -2.21. The van der Waals surface area contributed by atoms with Crippen molar-refractivity contribution in [1.82, 2.24) is 0 Å². The standard InChI is InChI=1S/C12H25NO2/c1-8(2)5-6-10(14)7-11(15)12(13)9(3)4/h8-9,11-12,15H,5-7,13H2,1-4H3/t11-,12+/m0/s1. The van der Waals surface area contributed by atoms with Gasteiger partial charge in [0.25, 0.3) is 0 Å². The van der Waals surface area contributed by atoms with Gasteiger partial charge in [-0.1, -0.05) is 27.7 Å². The monoisotopic (exact) mass is 215 g/mol. The Labute approximate surface area is 93.0 Å². The first kappa shape index (κ1) is 14.6. The molecule has 90 valence electrons. The van der Waals surface area contributed by atoms with Gasteiger partial charge in [-0.2, -0.15) is 0 Å². The van der Waals surface area contributed by atoms with Crippen LogP contribution in [0.4, 0.5) is 0 Å². The summed E-state index contributed by atoms with van der Waals surface area (Å²) in [6.45, 7) is 8.08. The predicted molar refractivity (Wildman–Crippen MR) is 62.5 cm³/mol. The van der Waals surface area contributed by atoms with E-state index < -0.39 is 6.10 Å². The van der Waals surface area contributed by atoms with Crippen LogP contribution in [-0.2, 0) is 4.79 Å². The van der Waals surface area contributed by atoms with Gasteiger partial charge in [0, 0.05) is 18.9 Å². The highest BCUT2D eigenvalue weighted by atomic mass is 16.3. The fourth-order valence-electron chi connectivity index (χ4n) is 1.37. The molecule has 0 aliphatic carbocycles. The molecule has 0 fully saturated rings. The Morgan fingerprint density at radius 3 is 2.20 bits per heavy atom. The average Bonchev–Trinajstić information content (AvgIpc) is 2.13. The third kappa shape index (κ3) is 6.63. The molecule has 0 radical (unpaired) electrons. The van der Waals surface area contributed by atoms with Crippen molar-refractivity contribution < 1.29 is 9.90 Å². The minimum atomic E-state index is -0.690. The Hall–Kier alpha value is -0.410. The molecule has 0 heterocycles. The van der Waals surface area contributed by atoms with Crippen molar-refractivity contribution in [3.8, 4) is 0 Å². The van der Waals surface area contributed by atoms with Crippen molar-refractivity contribution in [1.29, 1.82) is 0 Å². The molecule has 0 spiro atoms. The number of aliphatic hydroxyl groups is 1. The van der Waals surface area contributed by atoms with Gasteiger partial charge in [0.05, 0.1) is 6.10 Å². The van der Waals surface area contributed by atoms with Crippen LogP contribution < -0.4 is 5.73 Å². The van der Waals surface area contributed by atoms with E-state index in [-0.39, 0.29) is 24.2 Å². The van der Waals surface area contributed by atoms with Crippen LogP contribution in [0, 0.1) is 11.8 Å². The van der Waals surface area contributed by atoms with Gasteiger partial charge in [-0.3, -0.25) is 4.79 Å². The summed E-state index contributed by atoms with van der Waals surface area (Å²) in [4.78, 5) is 11.5. The maximum absolute atomic E-state index is 11.5. The highest BCUT2D eigenvalue weighted by molar-refractivity contribution is 5.78. The summed E-state index contributed by atoms with van der Waals surface area (Å²) in [6, 6.07) is -0.298. The summed E-state index contributed by atoms with van der Waals surface area (Å²) >= 11 is 0. The van der Waals surface area contributed by atoms with Crippen molar-refractivity contribution in [2.24, 2.45) is 17.6 Å². The fourth-order valence-corrected chi connectivity index (χ4v) is 1.37. The Bertz CT molecular complexity index is 190. The van der Waals surface area contributed by atoms with Gasteiger partial charge in [-0.15, -0.1) is 0 Å². The van der Waals surface area contributed by atoms with Crippen LogP contribution in [0.25, 0.3) is 0 Å². The molecule has 0 unspecified atom stereocenters. The van der Waals surface area contributed by atoms with Crippen LogP contribution in [-0.4, -0.2) is 23.0 Å². The van der Waals surface area contributed by atoms with Crippen molar-refractivity contribution >= 4 is 5.78 Å². The molecule has 0 saturated carbocycles. The van der Waals surface area contributed by atoms with Crippen molar-refractivity contribution in [2.75, 3.05) is 0 Å². The number of carbonyl (C=O) groups excluding carboxylic acids is 1. The fraction of sp³-hybridized carbons (Fsp3) is 0.917. The summed E-state index contributed by atoms with van der Waals surface area (Å²) in [6.07, 6.45) is 0.957. The highest BCUT2D eigenvalue weighted by Crippen LogP contribution is 2.11. The number of ketones is 1. The lowest BCUT2D eigenvalue weighted by atomic mass is 9.94. The van der Waals surface area contributed by atoms with Crippen LogP contribution in [0.2, 0.25) is 0 Å². The van der Waals surface area contributed by atoms with Gasteiger partial charge >= 0.3 is 0 Å². The number of nitrogens with two attached hydrogens (primary N) is 1. The molecule has 3 N–H and O–H groups in total. The number of hydrogen-bond acceptors (Lipinski definition) is 3. The van der Waals surface area contributed by atoms with Crippen LogP contribution in [0.3, 0.4) is 0 Å². The van der Waals surface area contributed by atoms with E-state index in [4.69, 9.17) is 5.73 Å². The molecular weight excluding hydrogens is 190 g/mol. The predicted octanol–water partition coefficient (Wildman–Crippen LogP) is 1.73. The molecule has 3 heteroatoms. The summed E-state index contributed by atoms with van der Waals surface area (Å²) < 4.78 is 0. The first-order chi connectivity index (χ1) is 6.84. The van der Waals surface area contributed by atoms with Gasteiger partial charge in [0.2, 0.25) is 0 Å². The van der Waals surface area contributed by atoms with E-state index in [1.54, 1.807) is 0 Å². The van der Waals surface area contributed by atoms with Crippen molar-refractivity contribution in [3.63, 3.8) is 0 Å². The van der Waals surface area contributed by atoms with E-state index in [0.717, 1.165) is 6.42 Å². The second kappa shape index (κ2) is 6.96.